The van der Waals surface area contributed by atoms with Gasteiger partial charge in [0.1, 0.15) is 5.82 Å². The molecule has 0 aliphatic rings. The maximum Gasteiger partial charge on any atom is 0.356 e. The topological polar surface area (TPSA) is 81.4 Å². The second-order valence-corrected chi connectivity index (χ2v) is 4.48. The van der Waals surface area contributed by atoms with E-state index >= 15 is 0 Å². The summed E-state index contributed by atoms with van der Waals surface area (Å²) in [6.45, 7) is 1.59. The molecule has 0 saturated carbocycles. The largest absolute Gasteiger partial charge is 0.476 e. The quantitative estimate of drug-likeness (QED) is 0.875. The predicted octanol–water partition coefficient (Wildman–Crippen LogP) is 2.02. The molecule has 0 spiro atoms. The van der Waals surface area contributed by atoms with E-state index in [0.717, 1.165) is 0 Å². The van der Waals surface area contributed by atoms with Gasteiger partial charge in [-0.3, -0.25) is 4.68 Å². The maximum atomic E-state index is 14.1. The van der Waals surface area contributed by atoms with Gasteiger partial charge < -0.3 is 9.84 Å². The van der Waals surface area contributed by atoms with E-state index < -0.39 is 17.8 Å². The number of halogens is 1. The van der Waals surface area contributed by atoms with E-state index in [1.54, 1.807) is 6.92 Å². The van der Waals surface area contributed by atoms with Crippen molar-refractivity contribution in [2.45, 2.75) is 6.92 Å². The fourth-order valence-corrected chi connectivity index (χ4v) is 2.02. The maximum absolute atomic E-state index is 14.1. The number of aromatic carboxylic acids is 1. The summed E-state index contributed by atoms with van der Waals surface area (Å²) in [5.74, 6) is -2.37. The summed E-state index contributed by atoms with van der Waals surface area (Å²) >= 11 is 0. The summed E-state index contributed by atoms with van der Waals surface area (Å²) in [5.41, 5.74) is 0.793. The van der Waals surface area contributed by atoms with E-state index in [4.69, 9.17) is 5.11 Å². The number of carboxylic acids is 1. The van der Waals surface area contributed by atoms with Crippen molar-refractivity contribution in [3.8, 4) is 11.3 Å². The number of benzene rings is 1. The van der Waals surface area contributed by atoms with Crippen molar-refractivity contribution in [1.29, 1.82) is 0 Å². The van der Waals surface area contributed by atoms with Crippen LogP contribution in [0.5, 0.6) is 0 Å². The number of rotatable bonds is 3. The molecule has 2 aromatic rings. The molecule has 0 bridgehead atoms. The minimum atomic E-state index is -1.21. The second kappa shape index (κ2) is 5.35. The van der Waals surface area contributed by atoms with Crippen molar-refractivity contribution in [1.82, 2.24) is 9.78 Å². The average Bonchev–Trinajstić information content (AvgIpc) is 2.80. The molecule has 6 nitrogen and oxygen atoms in total. The number of ether oxygens (including phenoxy) is 1. The summed E-state index contributed by atoms with van der Waals surface area (Å²) < 4.78 is 20.0. The van der Waals surface area contributed by atoms with Gasteiger partial charge in [0.05, 0.1) is 18.4 Å². The van der Waals surface area contributed by atoms with Crippen molar-refractivity contribution >= 4 is 11.9 Å². The number of nitrogens with zero attached hydrogens (tertiary/aromatic N) is 2. The molecule has 0 aliphatic heterocycles. The van der Waals surface area contributed by atoms with Gasteiger partial charge in [0.25, 0.3) is 0 Å². The molecule has 0 fully saturated rings. The Labute approximate surface area is 119 Å². The van der Waals surface area contributed by atoms with Crippen LogP contribution in [0.3, 0.4) is 0 Å². The molecular formula is C14H13FN2O4. The molecule has 0 radical (unpaired) electrons. The number of methoxy groups -OCH3 is 1. The highest BCUT2D eigenvalue weighted by Crippen LogP contribution is 2.27. The molecule has 1 N–H and O–H groups in total. The minimum Gasteiger partial charge on any atom is -0.476 e. The van der Waals surface area contributed by atoms with Gasteiger partial charge in [0, 0.05) is 12.6 Å². The Morgan fingerprint density at radius 3 is 2.52 bits per heavy atom. The van der Waals surface area contributed by atoms with E-state index in [2.05, 4.69) is 9.84 Å². The Morgan fingerprint density at radius 1 is 1.33 bits per heavy atom. The zero-order valence-corrected chi connectivity index (χ0v) is 11.7. The molecule has 110 valence electrons. The van der Waals surface area contributed by atoms with Crippen LogP contribution in [-0.2, 0) is 11.8 Å². The smallest absolute Gasteiger partial charge is 0.356 e. The van der Waals surface area contributed by atoms with Crippen molar-refractivity contribution in [2.75, 3.05) is 7.11 Å². The van der Waals surface area contributed by atoms with E-state index in [1.807, 2.05) is 0 Å². The Balaban J connectivity index is 2.63. The molecular weight excluding hydrogens is 279 g/mol. The van der Waals surface area contributed by atoms with Crippen LogP contribution >= 0.6 is 0 Å². The highest BCUT2D eigenvalue weighted by atomic mass is 19.1. The first-order chi connectivity index (χ1) is 9.85. The highest BCUT2D eigenvalue weighted by molar-refractivity contribution is 5.93. The standard InChI is InChI=1S/C14H13FN2O4/c1-7-4-10(15)9(5-8(7)14(20)21-3)12-6-11(13(18)19)16-17(12)2/h4-6H,1-3H3,(H,18,19). The van der Waals surface area contributed by atoms with Crippen LogP contribution in [0.15, 0.2) is 18.2 Å². The van der Waals surface area contributed by atoms with E-state index in [9.17, 15) is 14.0 Å². The summed E-state index contributed by atoms with van der Waals surface area (Å²) in [7, 11) is 2.73. The Bertz CT molecular complexity index is 737. The molecule has 1 aromatic heterocycles. The van der Waals surface area contributed by atoms with Crippen LogP contribution in [0.2, 0.25) is 0 Å². The SMILES string of the molecule is COC(=O)c1cc(-c2cc(C(=O)O)nn2C)c(F)cc1C. The van der Waals surface area contributed by atoms with E-state index in [1.165, 1.54) is 37.0 Å². The van der Waals surface area contributed by atoms with Gasteiger partial charge in [-0.1, -0.05) is 0 Å². The van der Waals surface area contributed by atoms with Crippen LogP contribution in [0.4, 0.5) is 4.39 Å². The zero-order chi connectivity index (χ0) is 15.7. The third-order valence-electron chi connectivity index (χ3n) is 3.09. The normalized spacial score (nSPS) is 10.5. The lowest BCUT2D eigenvalue weighted by Gasteiger charge is -2.09. The molecule has 21 heavy (non-hydrogen) atoms. The molecule has 0 atom stereocenters. The monoisotopic (exact) mass is 292 g/mol. The molecule has 1 heterocycles. The van der Waals surface area contributed by atoms with Gasteiger partial charge in [-0.2, -0.15) is 5.10 Å². The summed E-state index contributed by atoms with van der Waals surface area (Å²) in [6.07, 6.45) is 0. The van der Waals surface area contributed by atoms with E-state index in [0.29, 0.717) is 5.56 Å². The number of carbonyl (C=O) groups excluding carboxylic acids is 1. The molecule has 7 heteroatoms. The van der Waals surface area contributed by atoms with Gasteiger partial charge in [-0.15, -0.1) is 0 Å². The van der Waals surface area contributed by atoms with Crippen LogP contribution in [0.25, 0.3) is 11.3 Å². The Morgan fingerprint density at radius 2 is 2.00 bits per heavy atom. The average molecular weight is 292 g/mol. The summed E-state index contributed by atoms with van der Waals surface area (Å²) in [6, 6.07) is 3.78. The molecule has 0 unspecified atom stereocenters. The lowest BCUT2D eigenvalue weighted by Crippen LogP contribution is -2.06. The summed E-state index contributed by atoms with van der Waals surface area (Å²) in [5, 5.41) is 12.7. The number of aryl methyl sites for hydroxylation is 2. The fraction of sp³-hybridized carbons (Fsp3) is 0.214. The number of hydrogen-bond acceptors (Lipinski definition) is 4. The number of carbonyl (C=O) groups is 2. The lowest BCUT2D eigenvalue weighted by molar-refractivity contribution is 0.0599. The zero-order valence-electron chi connectivity index (χ0n) is 11.7. The molecule has 0 amide bonds. The second-order valence-electron chi connectivity index (χ2n) is 4.48. The van der Waals surface area contributed by atoms with Crippen LogP contribution in [-0.4, -0.2) is 33.9 Å². The van der Waals surface area contributed by atoms with Crippen LogP contribution < -0.4 is 0 Å². The highest BCUT2D eigenvalue weighted by Gasteiger charge is 2.19. The molecule has 0 aliphatic carbocycles. The van der Waals surface area contributed by atoms with Crippen molar-refractivity contribution in [2.24, 2.45) is 7.05 Å². The van der Waals surface area contributed by atoms with Gasteiger partial charge in [-0.05, 0) is 30.7 Å². The van der Waals surface area contributed by atoms with Gasteiger partial charge in [0.15, 0.2) is 5.69 Å². The van der Waals surface area contributed by atoms with Gasteiger partial charge in [0.2, 0.25) is 0 Å². The van der Waals surface area contributed by atoms with Gasteiger partial charge >= 0.3 is 11.9 Å². The number of aromatic nitrogens is 2. The first-order valence-corrected chi connectivity index (χ1v) is 6.01. The molecule has 2 rings (SSSR count). The van der Waals surface area contributed by atoms with Crippen molar-refractivity contribution in [3.05, 3.63) is 40.8 Å². The van der Waals surface area contributed by atoms with Crippen molar-refractivity contribution < 1.29 is 23.8 Å². The first kappa shape index (κ1) is 14.7. The summed E-state index contributed by atoms with van der Waals surface area (Å²) in [4.78, 5) is 22.6. The fourth-order valence-electron chi connectivity index (χ4n) is 2.02. The van der Waals surface area contributed by atoms with Crippen LogP contribution in [0.1, 0.15) is 26.4 Å². The number of hydrogen-bond donors (Lipinski definition) is 1. The Hall–Kier alpha value is -2.70. The molecule has 0 saturated heterocycles. The first-order valence-electron chi connectivity index (χ1n) is 6.01. The predicted molar refractivity (Wildman–Crippen MR) is 71.6 cm³/mol. The number of carboxylic acid groups (broad SMARTS) is 1. The third kappa shape index (κ3) is 2.62. The lowest BCUT2D eigenvalue weighted by atomic mass is 10.0. The Kier molecular flexibility index (Phi) is 3.75. The number of esters is 1. The van der Waals surface area contributed by atoms with Crippen molar-refractivity contribution in [3.63, 3.8) is 0 Å². The minimum absolute atomic E-state index is 0.0866. The van der Waals surface area contributed by atoms with Crippen LogP contribution in [0, 0.1) is 12.7 Å². The third-order valence-corrected chi connectivity index (χ3v) is 3.09. The molecule has 1 aromatic carbocycles. The van der Waals surface area contributed by atoms with E-state index in [-0.39, 0.29) is 22.5 Å². The van der Waals surface area contributed by atoms with Gasteiger partial charge in [-0.25, -0.2) is 14.0 Å².